The lowest BCUT2D eigenvalue weighted by Gasteiger charge is -2.10. The van der Waals surface area contributed by atoms with Crippen molar-refractivity contribution < 1.29 is 27.5 Å². The van der Waals surface area contributed by atoms with E-state index in [4.69, 9.17) is 4.74 Å². The highest BCUT2D eigenvalue weighted by Gasteiger charge is 2.31. The van der Waals surface area contributed by atoms with Crippen molar-refractivity contribution in [2.24, 2.45) is 0 Å². The van der Waals surface area contributed by atoms with Crippen LogP contribution >= 0.6 is 11.3 Å². The van der Waals surface area contributed by atoms with E-state index in [2.05, 4.69) is 0 Å². The fourth-order valence-electron chi connectivity index (χ4n) is 2.66. The molecule has 1 aromatic carbocycles. The molecule has 3 aromatic rings. The number of ketones is 1. The Kier molecular flexibility index (Phi) is 5.37. The van der Waals surface area contributed by atoms with Gasteiger partial charge in [-0.15, -0.1) is 11.3 Å². The van der Waals surface area contributed by atoms with Gasteiger partial charge < -0.3 is 9.30 Å². The molecule has 0 unspecified atom stereocenters. The second-order valence-electron chi connectivity index (χ2n) is 6.02. The number of carbonyl (C=O) groups excluding carboxylic acids is 2. The van der Waals surface area contributed by atoms with Crippen LogP contribution < -0.4 is 5.56 Å². The summed E-state index contributed by atoms with van der Waals surface area (Å²) in [5.41, 5.74) is -1.07. The van der Waals surface area contributed by atoms with Crippen LogP contribution in [0, 0.1) is 6.92 Å². The van der Waals surface area contributed by atoms with E-state index in [1.807, 2.05) is 24.3 Å². The van der Waals surface area contributed by atoms with Crippen LogP contribution in [0.5, 0.6) is 0 Å². The van der Waals surface area contributed by atoms with Crippen molar-refractivity contribution in [3.8, 4) is 0 Å². The molecular weight excluding hydrogens is 395 g/mol. The van der Waals surface area contributed by atoms with Crippen LogP contribution in [-0.2, 0) is 22.3 Å². The molecule has 0 fully saturated rings. The SMILES string of the molecule is Cc1c(C(=O)COC(=O)Cn2cc(C(F)(F)F)ccc2=O)sc2ccccc12. The first-order chi connectivity index (χ1) is 13.2. The number of rotatable bonds is 5. The number of pyridine rings is 1. The summed E-state index contributed by atoms with van der Waals surface area (Å²) in [4.78, 5) is 36.4. The van der Waals surface area contributed by atoms with Crippen molar-refractivity contribution in [3.63, 3.8) is 0 Å². The number of hydrogen-bond acceptors (Lipinski definition) is 5. The van der Waals surface area contributed by atoms with Gasteiger partial charge in [0.25, 0.3) is 5.56 Å². The quantitative estimate of drug-likeness (QED) is 0.475. The molecule has 0 atom stereocenters. The third-order valence-electron chi connectivity index (χ3n) is 4.07. The van der Waals surface area contributed by atoms with Crippen LogP contribution in [0.4, 0.5) is 13.2 Å². The zero-order valence-corrected chi connectivity index (χ0v) is 15.4. The van der Waals surface area contributed by atoms with E-state index in [0.717, 1.165) is 21.7 Å². The molecule has 5 nitrogen and oxygen atoms in total. The Morgan fingerprint density at radius 1 is 1.14 bits per heavy atom. The molecule has 0 bridgehead atoms. The molecule has 0 aliphatic carbocycles. The number of alkyl halides is 3. The van der Waals surface area contributed by atoms with Crippen molar-refractivity contribution in [1.82, 2.24) is 4.57 Å². The van der Waals surface area contributed by atoms with Crippen LogP contribution in [0.15, 0.2) is 47.4 Å². The Morgan fingerprint density at radius 3 is 2.54 bits per heavy atom. The largest absolute Gasteiger partial charge is 0.456 e. The number of aromatic nitrogens is 1. The Hall–Kier alpha value is -2.94. The normalized spacial score (nSPS) is 11.6. The van der Waals surface area contributed by atoms with Gasteiger partial charge in [0, 0.05) is 17.0 Å². The Bertz CT molecular complexity index is 1110. The van der Waals surface area contributed by atoms with Crippen LogP contribution in [0.25, 0.3) is 10.1 Å². The van der Waals surface area contributed by atoms with E-state index in [1.54, 1.807) is 6.92 Å². The first-order valence-electron chi connectivity index (χ1n) is 8.11. The maximum Gasteiger partial charge on any atom is 0.417 e. The lowest BCUT2D eigenvalue weighted by Crippen LogP contribution is -2.27. The number of aryl methyl sites for hydroxylation is 1. The molecule has 9 heteroatoms. The number of nitrogens with zero attached hydrogens (tertiary/aromatic N) is 1. The summed E-state index contributed by atoms with van der Waals surface area (Å²) >= 11 is 1.27. The third-order valence-corrected chi connectivity index (χ3v) is 5.39. The summed E-state index contributed by atoms with van der Waals surface area (Å²) in [5.74, 6) is -1.39. The average molecular weight is 409 g/mol. The molecule has 0 aliphatic rings. The minimum atomic E-state index is -4.64. The number of ether oxygens (including phenoxy) is 1. The van der Waals surface area contributed by atoms with Crippen molar-refractivity contribution in [2.75, 3.05) is 6.61 Å². The lowest BCUT2D eigenvalue weighted by molar-refractivity contribution is -0.144. The average Bonchev–Trinajstić information content (AvgIpc) is 2.98. The summed E-state index contributed by atoms with van der Waals surface area (Å²) in [6, 6.07) is 8.81. The Labute approximate surface area is 161 Å². The Morgan fingerprint density at radius 2 is 1.86 bits per heavy atom. The molecule has 2 aromatic heterocycles. The third kappa shape index (κ3) is 4.14. The fraction of sp³-hybridized carbons (Fsp3) is 0.211. The minimum Gasteiger partial charge on any atom is -0.456 e. The maximum atomic E-state index is 12.7. The van der Waals surface area contributed by atoms with E-state index in [0.29, 0.717) is 21.7 Å². The van der Waals surface area contributed by atoms with Gasteiger partial charge in [0.2, 0.25) is 5.78 Å². The molecule has 0 amide bonds. The summed E-state index contributed by atoms with van der Waals surface area (Å²) in [6.07, 6.45) is -4.10. The van der Waals surface area contributed by atoms with Gasteiger partial charge >= 0.3 is 12.1 Å². The van der Waals surface area contributed by atoms with Gasteiger partial charge in [0.1, 0.15) is 6.54 Å². The summed E-state index contributed by atoms with van der Waals surface area (Å²) in [6.45, 7) is 0.512. The van der Waals surface area contributed by atoms with Crippen LogP contribution in [-0.4, -0.2) is 22.9 Å². The fourth-order valence-corrected chi connectivity index (χ4v) is 3.79. The highest BCUT2D eigenvalue weighted by molar-refractivity contribution is 7.21. The smallest absolute Gasteiger partial charge is 0.417 e. The van der Waals surface area contributed by atoms with Crippen LogP contribution in [0.3, 0.4) is 0 Å². The minimum absolute atomic E-state index is 0.413. The number of hydrogen-bond donors (Lipinski definition) is 0. The summed E-state index contributed by atoms with van der Waals surface area (Å²) in [7, 11) is 0. The lowest BCUT2D eigenvalue weighted by atomic mass is 10.1. The summed E-state index contributed by atoms with van der Waals surface area (Å²) in [5, 5.41) is 0.928. The molecule has 0 saturated heterocycles. The van der Waals surface area contributed by atoms with Gasteiger partial charge in [-0.3, -0.25) is 14.4 Å². The van der Waals surface area contributed by atoms with Crippen molar-refractivity contribution in [3.05, 3.63) is 69.0 Å². The number of thiophene rings is 1. The zero-order chi connectivity index (χ0) is 20.5. The number of esters is 1. The molecule has 0 aliphatic heterocycles. The second-order valence-corrected chi connectivity index (χ2v) is 7.07. The van der Waals surface area contributed by atoms with Gasteiger partial charge in [0.15, 0.2) is 6.61 Å². The highest BCUT2D eigenvalue weighted by Crippen LogP contribution is 2.31. The van der Waals surface area contributed by atoms with Gasteiger partial charge in [0.05, 0.1) is 10.4 Å². The predicted octanol–water partition coefficient (Wildman–Crippen LogP) is 3.82. The number of Topliss-reactive ketones (excluding diaryl/α,β-unsaturated/α-hetero) is 1. The van der Waals surface area contributed by atoms with Crippen molar-refractivity contribution >= 4 is 33.2 Å². The van der Waals surface area contributed by atoms with Gasteiger partial charge in [-0.2, -0.15) is 13.2 Å². The number of benzene rings is 1. The topological polar surface area (TPSA) is 65.4 Å². The van der Waals surface area contributed by atoms with E-state index in [1.165, 1.54) is 11.3 Å². The first kappa shape index (κ1) is 19.8. The number of fused-ring (bicyclic) bond motifs is 1. The highest BCUT2D eigenvalue weighted by atomic mass is 32.1. The summed E-state index contributed by atoms with van der Waals surface area (Å²) < 4.78 is 44.6. The molecule has 146 valence electrons. The van der Waals surface area contributed by atoms with E-state index >= 15 is 0 Å². The molecule has 0 N–H and O–H groups in total. The molecule has 28 heavy (non-hydrogen) atoms. The van der Waals surface area contributed by atoms with Crippen molar-refractivity contribution in [1.29, 1.82) is 0 Å². The predicted molar refractivity (Wildman–Crippen MR) is 97.6 cm³/mol. The molecule has 0 spiro atoms. The monoisotopic (exact) mass is 409 g/mol. The van der Waals surface area contributed by atoms with E-state index in [9.17, 15) is 27.6 Å². The van der Waals surface area contributed by atoms with E-state index < -0.39 is 42.2 Å². The van der Waals surface area contributed by atoms with E-state index in [-0.39, 0.29) is 0 Å². The van der Waals surface area contributed by atoms with Gasteiger partial charge in [-0.05, 0) is 30.0 Å². The zero-order valence-electron chi connectivity index (χ0n) is 14.6. The maximum absolute atomic E-state index is 12.7. The Balaban J connectivity index is 1.68. The first-order valence-corrected chi connectivity index (χ1v) is 8.93. The van der Waals surface area contributed by atoms with Gasteiger partial charge in [-0.25, -0.2) is 0 Å². The molecule has 2 heterocycles. The molecular formula is C19H14F3NO4S. The standard InChI is InChI=1S/C19H14F3NO4S/c1-11-13-4-2-3-5-15(13)28-18(11)14(24)10-27-17(26)9-23-8-12(19(20,21)22)6-7-16(23)25/h2-8H,9-10H2,1H3. The van der Waals surface area contributed by atoms with Crippen LogP contribution in [0.2, 0.25) is 0 Å². The second kappa shape index (κ2) is 7.59. The van der Waals surface area contributed by atoms with Crippen molar-refractivity contribution in [2.45, 2.75) is 19.6 Å². The number of halogens is 3. The van der Waals surface area contributed by atoms with Crippen LogP contribution in [0.1, 0.15) is 20.8 Å². The molecule has 0 saturated carbocycles. The van der Waals surface area contributed by atoms with Gasteiger partial charge in [-0.1, -0.05) is 18.2 Å². The molecule has 0 radical (unpaired) electrons. The number of carbonyl (C=O) groups is 2. The molecule has 3 rings (SSSR count).